The molecule has 7 nitrogen and oxygen atoms in total. The summed E-state index contributed by atoms with van der Waals surface area (Å²) in [4.78, 5) is 35.3. The summed E-state index contributed by atoms with van der Waals surface area (Å²) in [6.45, 7) is 2.62. The predicted octanol–water partition coefficient (Wildman–Crippen LogP) is 1.50. The van der Waals surface area contributed by atoms with E-state index in [9.17, 15) is 14.4 Å². The maximum Gasteiger partial charge on any atom is 0.339 e. The minimum Gasteiger partial charge on any atom is -0.460 e. The van der Waals surface area contributed by atoms with Gasteiger partial charge in [0.15, 0.2) is 0 Å². The van der Waals surface area contributed by atoms with Gasteiger partial charge in [0.2, 0.25) is 0 Å². The highest BCUT2D eigenvalue weighted by molar-refractivity contribution is 6.03. The van der Waals surface area contributed by atoms with Crippen molar-refractivity contribution in [3.05, 3.63) is 47.0 Å². The van der Waals surface area contributed by atoms with Gasteiger partial charge in [-0.2, -0.15) is 0 Å². The van der Waals surface area contributed by atoms with Crippen molar-refractivity contribution in [2.45, 2.75) is 13.8 Å². The van der Waals surface area contributed by atoms with E-state index in [1.165, 1.54) is 12.1 Å². The maximum absolute atomic E-state index is 12.0. The molecule has 0 aliphatic carbocycles. The first-order valence-corrected chi connectivity index (χ1v) is 7.35. The lowest BCUT2D eigenvalue weighted by Gasteiger charge is -2.09. The van der Waals surface area contributed by atoms with E-state index in [0.717, 1.165) is 0 Å². The Labute approximate surface area is 139 Å². The fraction of sp³-hybridized carbons (Fsp3) is 0.353. The molecule has 0 spiro atoms. The van der Waals surface area contributed by atoms with Crippen LogP contribution in [0.25, 0.3) is 0 Å². The molecule has 0 radical (unpaired) electrons. The molecule has 1 aromatic rings. The SMILES string of the molecule is CC=C(C)C(=O)OCCOC(=O)c1ccccc1C(=O)OCCO. The lowest BCUT2D eigenvalue weighted by Crippen LogP contribution is -2.18. The molecule has 0 aromatic heterocycles. The van der Waals surface area contributed by atoms with Crippen molar-refractivity contribution >= 4 is 17.9 Å². The van der Waals surface area contributed by atoms with Crippen molar-refractivity contribution < 1.29 is 33.7 Å². The molecule has 1 aromatic carbocycles. The third-order valence-electron chi connectivity index (χ3n) is 3.00. The van der Waals surface area contributed by atoms with Crippen LogP contribution in [0.15, 0.2) is 35.9 Å². The van der Waals surface area contributed by atoms with Gasteiger partial charge in [-0.1, -0.05) is 18.2 Å². The summed E-state index contributed by atoms with van der Waals surface area (Å²) in [5, 5.41) is 8.67. The Morgan fingerprint density at radius 2 is 1.46 bits per heavy atom. The van der Waals surface area contributed by atoms with Crippen LogP contribution in [0, 0.1) is 0 Å². The largest absolute Gasteiger partial charge is 0.460 e. The average Bonchev–Trinajstić information content (AvgIpc) is 2.61. The zero-order chi connectivity index (χ0) is 17.9. The number of aliphatic hydroxyl groups is 1. The first-order chi connectivity index (χ1) is 11.5. The molecular weight excluding hydrogens is 316 g/mol. The highest BCUT2D eigenvalue weighted by Gasteiger charge is 2.19. The molecule has 1 N–H and O–H groups in total. The second-order valence-corrected chi connectivity index (χ2v) is 4.65. The van der Waals surface area contributed by atoms with Crippen LogP contribution in [0.3, 0.4) is 0 Å². The van der Waals surface area contributed by atoms with E-state index in [2.05, 4.69) is 0 Å². The van der Waals surface area contributed by atoms with E-state index in [1.807, 2.05) is 0 Å². The van der Waals surface area contributed by atoms with E-state index >= 15 is 0 Å². The number of carbonyl (C=O) groups excluding carboxylic acids is 3. The molecule has 0 saturated heterocycles. The number of hydrogen-bond acceptors (Lipinski definition) is 7. The Balaban J connectivity index is 2.59. The van der Waals surface area contributed by atoms with Crippen molar-refractivity contribution in [3.63, 3.8) is 0 Å². The number of esters is 3. The quantitative estimate of drug-likeness (QED) is 0.332. The van der Waals surface area contributed by atoms with Crippen LogP contribution >= 0.6 is 0 Å². The number of benzene rings is 1. The molecule has 0 amide bonds. The summed E-state index contributed by atoms with van der Waals surface area (Å²) in [5.74, 6) is -1.95. The summed E-state index contributed by atoms with van der Waals surface area (Å²) in [6.07, 6.45) is 1.61. The first-order valence-electron chi connectivity index (χ1n) is 7.35. The Bertz CT molecular complexity index is 619. The van der Waals surface area contributed by atoms with Gasteiger partial charge in [0.05, 0.1) is 17.7 Å². The molecule has 0 aliphatic heterocycles. The van der Waals surface area contributed by atoms with Gasteiger partial charge < -0.3 is 19.3 Å². The predicted molar refractivity (Wildman–Crippen MR) is 84.5 cm³/mol. The summed E-state index contributed by atoms with van der Waals surface area (Å²) in [5.41, 5.74) is 0.535. The normalized spacial score (nSPS) is 10.9. The van der Waals surface area contributed by atoms with Crippen LogP contribution in [0.1, 0.15) is 34.6 Å². The van der Waals surface area contributed by atoms with E-state index in [1.54, 1.807) is 32.1 Å². The number of aliphatic hydroxyl groups excluding tert-OH is 1. The minimum atomic E-state index is -0.731. The van der Waals surface area contributed by atoms with Crippen LogP contribution in [0.2, 0.25) is 0 Å². The highest BCUT2D eigenvalue weighted by atomic mass is 16.6. The van der Waals surface area contributed by atoms with E-state index in [4.69, 9.17) is 19.3 Å². The van der Waals surface area contributed by atoms with Gasteiger partial charge in [0.25, 0.3) is 0 Å². The van der Waals surface area contributed by atoms with Crippen molar-refractivity contribution in [1.82, 2.24) is 0 Å². The standard InChI is InChI=1S/C17H20O7/c1-3-12(2)15(19)23-10-11-24-17(21)14-7-5-4-6-13(14)16(20)22-9-8-18/h3-7,18H,8-11H2,1-2H3. The van der Waals surface area contributed by atoms with Crippen LogP contribution in [-0.2, 0) is 19.0 Å². The van der Waals surface area contributed by atoms with Gasteiger partial charge in [-0.3, -0.25) is 0 Å². The number of carbonyl (C=O) groups is 3. The number of ether oxygens (including phenoxy) is 3. The van der Waals surface area contributed by atoms with Gasteiger partial charge in [0.1, 0.15) is 19.8 Å². The van der Waals surface area contributed by atoms with Crippen LogP contribution in [0.5, 0.6) is 0 Å². The van der Waals surface area contributed by atoms with Crippen LogP contribution in [0.4, 0.5) is 0 Å². The fourth-order valence-corrected chi connectivity index (χ4v) is 1.63. The van der Waals surface area contributed by atoms with Crippen molar-refractivity contribution in [2.75, 3.05) is 26.4 Å². The van der Waals surface area contributed by atoms with Gasteiger partial charge in [-0.05, 0) is 26.0 Å². The van der Waals surface area contributed by atoms with Crippen LogP contribution in [-0.4, -0.2) is 49.4 Å². The number of allylic oxidation sites excluding steroid dienone is 1. The van der Waals surface area contributed by atoms with Crippen LogP contribution < -0.4 is 0 Å². The van der Waals surface area contributed by atoms with E-state index in [-0.39, 0.29) is 37.6 Å². The lowest BCUT2D eigenvalue weighted by molar-refractivity contribution is -0.140. The van der Waals surface area contributed by atoms with E-state index in [0.29, 0.717) is 5.57 Å². The molecule has 0 heterocycles. The molecule has 24 heavy (non-hydrogen) atoms. The molecule has 0 saturated carbocycles. The Morgan fingerprint density at radius 1 is 0.958 bits per heavy atom. The summed E-state index contributed by atoms with van der Waals surface area (Å²) < 4.78 is 14.7. The first kappa shape index (κ1) is 19.4. The second-order valence-electron chi connectivity index (χ2n) is 4.65. The van der Waals surface area contributed by atoms with Gasteiger partial charge >= 0.3 is 17.9 Å². The summed E-state index contributed by atoms with van der Waals surface area (Å²) >= 11 is 0. The van der Waals surface area contributed by atoms with Gasteiger partial charge in [-0.25, -0.2) is 14.4 Å². The lowest BCUT2D eigenvalue weighted by atomic mass is 10.1. The Kier molecular flexibility index (Phi) is 8.21. The summed E-state index contributed by atoms with van der Waals surface area (Å²) in [6, 6.07) is 6.00. The zero-order valence-electron chi connectivity index (χ0n) is 13.6. The molecule has 1 rings (SSSR count). The average molecular weight is 336 g/mol. The minimum absolute atomic E-state index is 0.0383. The molecular formula is C17H20O7. The smallest absolute Gasteiger partial charge is 0.339 e. The second kappa shape index (κ2) is 10.2. The zero-order valence-corrected chi connectivity index (χ0v) is 13.6. The van der Waals surface area contributed by atoms with Crippen molar-refractivity contribution in [3.8, 4) is 0 Å². The monoisotopic (exact) mass is 336 g/mol. The van der Waals surface area contributed by atoms with E-state index < -0.39 is 17.9 Å². The van der Waals surface area contributed by atoms with Gasteiger partial charge in [-0.15, -0.1) is 0 Å². The topological polar surface area (TPSA) is 99.1 Å². The number of rotatable bonds is 8. The molecule has 0 bridgehead atoms. The molecule has 7 heteroatoms. The fourth-order valence-electron chi connectivity index (χ4n) is 1.63. The van der Waals surface area contributed by atoms with Gasteiger partial charge in [0, 0.05) is 5.57 Å². The van der Waals surface area contributed by atoms with Crippen molar-refractivity contribution in [1.29, 1.82) is 0 Å². The summed E-state index contributed by atoms with van der Waals surface area (Å²) in [7, 11) is 0. The Morgan fingerprint density at radius 3 is 1.96 bits per heavy atom. The third-order valence-corrected chi connectivity index (χ3v) is 3.00. The highest BCUT2D eigenvalue weighted by Crippen LogP contribution is 2.12. The Hall–Kier alpha value is -2.67. The molecule has 0 aliphatic rings. The molecule has 130 valence electrons. The third kappa shape index (κ3) is 5.85. The molecule has 0 atom stereocenters. The van der Waals surface area contributed by atoms with Crippen molar-refractivity contribution in [2.24, 2.45) is 0 Å². The molecule has 0 unspecified atom stereocenters. The number of hydrogen-bond donors (Lipinski definition) is 1. The molecule has 0 fully saturated rings. The maximum atomic E-state index is 12.0.